The van der Waals surface area contributed by atoms with E-state index < -0.39 is 0 Å². The van der Waals surface area contributed by atoms with Gasteiger partial charge in [-0.1, -0.05) is 61.4 Å². The maximum Gasteiger partial charge on any atom is 0.170 e. The van der Waals surface area contributed by atoms with Crippen LogP contribution >= 0.6 is 12.2 Å². The Labute approximate surface area is 139 Å². The van der Waals surface area contributed by atoms with Crippen LogP contribution in [-0.4, -0.2) is 11.7 Å². The van der Waals surface area contributed by atoms with Gasteiger partial charge in [-0.2, -0.15) is 0 Å². The van der Waals surface area contributed by atoms with Crippen molar-refractivity contribution in [2.45, 2.75) is 26.7 Å². The highest BCUT2D eigenvalue weighted by Gasteiger charge is 2.08. The molecular weight excluding hydrogens is 288 g/mol. The Morgan fingerprint density at radius 1 is 1.05 bits per heavy atom. The molecule has 3 heteroatoms. The average Bonchev–Trinajstić information content (AvgIpc) is 2.54. The maximum absolute atomic E-state index is 5.38. The SMILES string of the molecule is CC[C@H](CNC(=S)Nc1ccc(C)cc1)Cc1ccccc1. The van der Waals surface area contributed by atoms with Gasteiger partial charge in [0.15, 0.2) is 5.11 Å². The molecule has 0 spiro atoms. The van der Waals surface area contributed by atoms with E-state index in [4.69, 9.17) is 12.2 Å². The van der Waals surface area contributed by atoms with Crippen molar-refractivity contribution in [1.29, 1.82) is 0 Å². The maximum atomic E-state index is 5.38. The van der Waals surface area contributed by atoms with Crippen LogP contribution in [0.4, 0.5) is 5.69 Å². The molecule has 0 radical (unpaired) electrons. The predicted octanol–water partition coefficient (Wildman–Crippen LogP) is 4.55. The van der Waals surface area contributed by atoms with Gasteiger partial charge in [-0.05, 0) is 49.2 Å². The third-order valence-electron chi connectivity index (χ3n) is 3.81. The molecule has 0 saturated carbocycles. The van der Waals surface area contributed by atoms with Gasteiger partial charge in [0.25, 0.3) is 0 Å². The van der Waals surface area contributed by atoms with Crippen LogP contribution in [0.25, 0.3) is 0 Å². The number of rotatable bonds is 6. The van der Waals surface area contributed by atoms with Gasteiger partial charge in [0.05, 0.1) is 0 Å². The molecule has 2 aromatic carbocycles. The first kappa shape index (κ1) is 16.5. The lowest BCUT2D eigenvalue weighted by Gasteiger charge is -2.18. The largest absolute Gasteiger partial charge is 0.362 e. The quantitative estimate of drug-likeness (QED) is 0.765. The highest BCUT2D eigenvalue weighted by atomic mass is 32.1. The normalized spacial score (nSPS) is 11.7. The molecule has 0 fully saturated rings. The molecule has 0 unspecified atom stereocenters. The van der Waals surface area contributed by atoms with Gasteiger partial charge >= 0.3 is 0 Å². The van der Waals surface area contributed by atoms with Crippen LogP contribution in [0.2, 0.25) is 0 Å². The summed E-state index contributed by atoms with van der Waals surface area (Å²) in [5.41, 5.74) is 3.66. The van der Waals surface area contributed by atoms with Crippen LogP contribution in [0.15, 0.2) is 54.6 Å². The number of aryl methyl sites for hydroxylation is 1. The minimum Gasteiger partial charge on any atom is -0.362 e. The van der Waals surface area contributed by atoms with E-state index in [0.29, 0.717) is 11.0 Å². The first-order chi connectivity index (χ1) is 10.7. The topological polar surface area (TPSA) is 24.1 Å². The Bertz CT molecular complexity index is 578. The molecule has 2 N–H and O–H groups in total. The van der Waals surface area contributed by atoms with Crippen molar-refractivity contribution in [1.82, 2.24) is 5.32 Å². The lowest BCUT2D eigenvalue weighted by Crippen LogP contribution is -2.33. The zero-order chi connectivity index (χ0) is 15.8. The Hall–Kier alpha value is -1.87. The Balaban J connectivity index is 1.79. The fourth-order valence-corrected chi connectivity index (χ4v) is 2.56. The van der Waals surface area contributed by atoms with Crippen molar-refractivity contribution in [2.75, 3.05) is 11.9 Å². The Kier molecular flexibility index (Phi) is 6.41. The first-order valence-electron chi connectivity index (χ1n) is 7.83. The summed E-state index contributed by atoms with van der Waals surface area (Å²) in [6, 6.07) is 18.9. The van der Waals surface area contributed by atoms with Gasteiger partial charge in [-0.15, -0.1) is 0 Å². The van der Waals surface area contributed by atoms with E-state index in [9.17, 15) is 0 Å². The van der Waals surface area contributed by atoms with Gasteiger partial charge in [0.1, 0.15) is 0 Å². The highest BCUT2D eigenvalue weighted by molar-refractivity contribution is 7.80. The fraction of sp³-hybridized carbons (Fsp3) is 0.316. The summed E-state index contributed by atoms with van der Waals surface area (Å²) in [6.07, 6.45) is 2.21. The van der Waals surface area contributed by atoms with Crippen molar-refractivity contribution in [3.05, 3.63) is 65.7 Å². The molecule has 0 aliphatic rings. The second-order valence-corrected chi connectivity index (χ2v) is 6.07. The van der Waals surface area contributed by atoms with Crippen molar-refractivity contribution in [2.24, 2.45) is 5.92 Å². The summed E-state index contributed by atoms with van der Waals surface area (Å²) < 4.78 is 0. The molecule has 0 bridgehead atoms. The summed E-state index contributed by atoms with van der Waals surface area (Å²) in [4.78, 5) is 0. The van der Waals surface area contributed by atoms with Crippen LogP contribution in [-0.2, 0) is 6.42 Å². The first-order valence-corrected chi connectivity index (χ1v) is 8.23. The number of thiocarbonyl (C=S) groups is 1. The zero-order valence-corrected chi connectivity index (χ0v) is 14.1. The summed E-state index contributed by atoms with van der Waals surface area (Å²) >= 11 is 5.38. The van der Waals surface area contributed by atoms with E-state index in [0.717, 1.165) is 25.1 Å². The Morgan fingerprint density at radius 3 is 2.36 bits per heavy atom. The second-order valence-electron chi connectivity index (χ2n) is 5.67. The molecule has 0 aromatic heterocycles. The standard InChI is InChI=1S/C19H24N2S/c1-3-16(13-17-7-5-4-6-8-17)14-20-19(22)21-18-11-9-15(2)10-12-18/h4-12,16H,3,13-14H2,1-2H3,(H2,20,21,22)/t16-/m0/s1. The molecule has 1 atom stereocenters. The monoisotopic (exact) mass is 312 g/mol. The molecule has 2 nitrogen and oxygen atoms in total. The van der Waals surface area contributed by atoms with Crippen molar-refractivity contribution >= 4 is 23.0 Å². The van der Waals surface area contributed by atoms with Crippen LogP contribution in [0.5, 0.6) is 0 Å². The van der Waals surface area contributed by atoms with Crippen LogP contribution in [0, 0.1) is 12.8 Å². The van der Waals surface area contributed by atoms with Gasteiger partial charge in [0, 0.05) is 12.2 Å². The van der Waals surface area contributed by atoms with E-state index in [2.05, 4.69) is 66.9 Å². The van der Waals surface area contributed by atoms with Crippen LogP contribution in [0.1, 0.15) is 24.5 Å². The molecule has 22 heavy (non-hydrogen) atoms. The molecule has 116 valence electrons. The molecule has 0 aliphatic carbocycles. The number of anilines is 1. The molecule has 0 saturated heterocycles. The second kappa shape index (κ2) is 8.54. The molecule has 0 aliphatic heterocycles. The number of hydrogen-bond donors (Lipinski definition) is 2. The summed E-state index contributed by atoms with van der Waals surface area (Å²) in [7, 11) is 0. The van der Waals surface area contributed by atoms with Crippen molar-refractivity contribution in [3.8, 4) is 0 Å². The summed E-state index contributed by atoms with van der Waals surface area (Å²) in [6.45, 7) is 5.20. The third kappa shape index (κ3) is 5.49. The van der Waals surface area contributed by atoms with Gasteiger partial charge in [-0.25, -0.2) is 0 Å². The highest BCUT2D eigenvalue weighted by Crippen LogP contribution is 2.12. The Morgan fingerprint density at radius 2 is 1.73 bits per heavy atom. The van der Waals surface area contributed by atoms with Crippen LogP contribution in [0.3, 0.4) is 0 Å². The van der Waals surface area contributed by atoms with E-state index in [1.54, 1.807) is 0 Å². The molecule has 2 rings (SSSR count). The van der Waals surface area contributed by atoms with Gasteiger partial charge < -0.3 is 10.6 Å². The summed E-state index contributed by atoms with van der Waals surface area (Å²) in [5.74, 6) is 0.583. The van der Waals surface area contributed by atoms with E-state index >= 15 is 0 Å². The fourth-order valence-electron chi connectivity index (χ4n) is 2.36. The molecule has 0 heterocycles. The minimum absolute atomic E-state index is 0.583. The van der Waals surface area contributed by atoms with Crippen molar-refractivity contribution < 1.29 is 0 Å². The number of hydrogen-bond acceptors (Lipinski definition) is 1. The number of benzene rings is 2. The van der Waals surface area contributed by atoms with E-state index in [1.165, 1.54) is 11.1 Å². The minimum atomic E-state index is 0.583. The third-order valence-corrected chi connectivity index (χ3v) is 4.05. The number of nitrogens with one attached hydrogen (secondary N) is 2. The molecule has 2 aromatic rings. The van der Waals surface area contributed by atoms with E-state index in [1.807, 2.05) is 12.1 Å². The molecular formula is C19H24N2S. The van der Waals surface area contributed by atoms with Gasteiger partial charge in [-0.3, -0.25) is 0 Å². The average molecular weight is 312 g/mol. The lowest BCUT2D eigenvalue weighted by atomic mass is 9.97. The van der Waals surface area contributed by atoms with E-state index in [-0.39, 0.29) is 0 Å². The van der Waals surface area contributed by atoms with Gasteiger partial charge in [0.2, 0.25) is 0 Å². The zero-order valence-electron chi connectivity index (χ0n) is 13.3. The molecule has 0 amide bonds. The summed E-state index contributed by atoms with van der Waals surface area (Å²) in [5, 5.41) is 7.26. The van der Waals surface area contributed by atoms with Crippen molar-refractivity contribution in [3.63, 3.8) is 0 Å². The predicted molar refractivity (Wildman–Crippen MR) is 99.3 cm³/mol. The lowest BCUT2D eigenvalue weighted by molar-refractivity contribution is 0.498. The van der Waals surface area contributed by atoms with Crippen LogP contribution < -0.4 is 10.6 Å². The smallest absolute Gasteiger partial charge is 0.170 e.